The van der Waals surface area contributed by atoms with Crippen LogP contribution in [0.2, 0.25) is 0 Å². The number of nitrogens with one attached hydrogen (secondary N) is 1. The van der Waals surface area contributed by atoms with Crippen molar-refractivity contribution in [2.24, 2.45) is 0 Å². The van der Waals surface area contributed by atoms with Crippen molar-refractivity contribution < 1.29 is 13.9 Å². The molecule has 1 aromatic rings. The molecule has 0 radical (unpaired) electrons. The molecule has 0 aliphatic carbocycles. The van der Waals surface area contributed by atoms with E-state index in [0.717, 1.165) is 0 Å². The normalized spacial score (nSPS) is 9.46. The number of carbonyl (C=O) groups is 1. The fourth-order valence-electron chi connectivity index (χ4n) is 0.909. The van der Waals surface area contributed by atoms with Crippen molar-refractivity contribution in [3.8, 4) is 5.75 Å². The predicted molar refractivity (Wildman–Crippen MR) is 55.4 cm³/mol. The minimum absolute atomic E-state index is 0.0546. The molecule has 0 spiro atoms. The largest absolute Gasteiger partial charge is 0.492 e. The van der Waals surface area contributed by atoms with Crippen LogP contribution in [-0.2, 0) is 4.79 Å². The average molecular weight is 295 g/mol. The first-order chi connectivity index (χ1) is 6.20. The standard InChI is InChI=1S/C8H7FINO2/c1-13-8-6(11-4-12)3-2-5(10)7(8)9/h2-4H,1H3,(H,11,12). The number of carbonyl (C=O) groups excluding carboxylic acids is 1. The van der Waals surface area contributed by atoms with Gasteiger partial charge < -0.3 is 10.1 Å². The first-order valence-electron chi connectivity index (χ1n) is 3.43. The van der Waals surface area contributed by atoms with Gasteiger partial charge in [-0.25, -0.2) is 4.39 Å². The Balaban J connectivity index is 3.20. The van der Waals surface area contributed by atoms with Crippen LogP contribution >= 0.6 is 22.6 Å². The van der Waals surface area contributed by atoms with Gasteiger partial charge in [-0.05, 0) is 34.7 Å². The number of ether oxygens (including phenoxy) is 1. The highest BCUT2D eigenvalue weighted by atomic mass is 127. The lowest BCUT2D eigenvalue weighted by Crippen LogP contribution is -2.00. The van der Waals surface area contributed by atoms with Gasteiger partial charge in [0.15, 0.2) is 11.6 Å². The lowest BCUT2D eigenvalue weighted by molar-refractivity contribution is -0.105. The van der Waals surface area contributed by atoms with Crippen LogP contribution in [0.25, 0.3) is 0 Å². The maximum atomic E-state index is 13.3. The van der Waals surface area contributed by atoms with E-state index in [9.17, 15) is 9.18 Å². The Kier molecular flexibility index (Phi) is 3.47. The molecule has 0 heterocycles. The summed E-state index contributed by atoms with van der Waals surface area (Å²) in [5.74, 6) is -0.408. The fourth-order valence-corrected chi connectivity index (χ4v) is 1.33. The van der Waals surface area contributed by atoms with Crippen molar-refractivity contribution in [2.45, 2.75) is 0 Å². The second kappa shape index (κ2) is 4.40. The molecule has 0 aromatic heterocycles. The summed E-state index contributed by atoms with van der Waals surface area (Å²) in [4.78, 5) is 10.1. The third-order valence-corrected chi connectivity index (χ3v) is 2.30. The summed E-state index contributed by atoms with van der Waals surface area (Å²) in [6.07, 6.45) is 0.476. The van der Waals surface area contributed by atoms with Gasteiger partial charge in [0, 0.05) is 0 Å². The van der Waals surface area contributed by atoms with E-state index in [-0.39, 0.29) is 5.75 Å². The van der Waals surface area contributed by atoms with Crippen LogP contribution in [-0.4, -0.2) is 13.5 Å². The molecule has 3 nitrogen and oxygen atoms in total. The van der Waals surface area contributed by atoms with E-state index in [1.54, 1.807) is 12.1 Å². The maximum Gasteiger partial charge on any atom is 0.211 e. The van der Waals surface area contributed by atoms with E-state index in [4.69, 9.17) is 4.74 Å². The summed E-state index contributed by atoms with van der Waals surface area (Å²) in [5, 5.41) is 2.35. The molecule has 0 saturated carbocycles. The Morgan fingerprint density at radius 2 is 2.31 bits per heavy atom. The van der Waals surface area contributed by atoms with Gasteiger partial charge in [0.2, 0.25) is 6.41 Å². The Morgan fingerprint density at radius 1 is 1.62 bits per heavy atom. The monoisotopic (exact) mass is 295 g/mol. The highest BCUT2D eigenvalue weighted by molar-refractivity contribution is 14.1. The minimum atomic E-state index is -0.463. The molecular weight excluding hydrogens is 288 g/mol. The molecule has 0 fully saturated rings. The Morgan fingerprint density at radius 3 is 2.85 bits per heavy atom. The molecule has 0 bridgehead atoms. The molecule has 0 atom stereocenters. The van der Waals surface area contributed by atoms with Crippen molar-refractivity contribution in [1.82, 2.24) is 0 Å². The third-order valence-electron chi connectivity index (χ3n) is 1.47. The lowest BCUT2D eigenvalue weighted by atomic mass is 10.3. The van der Waals surface area contributed by atoms with Gasteiger partial charge in [0.1, 0.15) is 0 Å². The Bertz CT molecular complexity index is 330. The van der Waals surface area contributed by atoms with Crippen molar-refractivity contribution in [3.05, 3.63) is 21.5 Å². The summed E-state index contributed by atoms with van der Waals surface area (Å²) in [6.45, 7) is 0. The fraction of sp³-hybridized carbons (Fsp3) is 0.125. The molecule has 70 valence electrons. The molecule has 1 N–H and O–H groups in total. The number of methoxy groups -OCH3 is 1. The molecule has 0 aliphatic heterocycles. The van der Waals surface area contributed by atoms with Crippen LogP contribution in [0.1, 0.15) is 0 Å². The molecule has 1 rings (SSSR count). The molecule has 1 amide bonds. The number of anilines is 1. The lowest BCUT2D eigenvalue weighted by Gasteiger charge is -2.08. The topological polar surface area (TPSA) is 38.3 Å². The highest BCUT2D eigenvalue weighted by Crippen LogP contribution is 2.30. The molecular formula is C8H7FINO2. The summed E-state index contributed by atoms with van der Waals surface area (Å²) >= 11 is 1.85. The molecule has 5 heteroatoms. The van der Waals surface area contributed by atoms with Crippen LogP contribution < -0.4 is 10.1 Å². The predicted octanol–water partition coefficient (Wildman–Crippen LogP) is 2.01. The number of rotatable bonds is 3. The van der Waals surface area contributed by atoms with Crippen LogP contribution in [0.4, 0.5) is 10.1 Å². The van der Waals surface area contributed by atoms with Gasteiger partial charge >= 0.3 is 0 Å². The summed E-state index contributed by atoms with van der Waals surface area (Å²) in [6, 6.07) is 3.14. The van der Waals surface area contributed by atoms with Crippen LogP contribution in [0, 0.1) is 9.39 Å². The van der Waals surface area contributed by atoms with E-state index in [1.165, 1.54) is 7.11 Å². The number of halogens is 2. The zero-order chi connectivity index (χ0) is 9.84. The van der Waals surface area contributed by atoms with Crippen LogP contribution in [0.3, 0.4) is 0 Å². The van der Waals surface area contributed by atoms with Crippen molar-refractivity contribution in [2.75, 3.05) is 12.4 Å². The second-order valence-corrected chi connectivity index (χ2v) is 3.37. The van der Waals surface area contributed by atoms with Crippen LogP contribution in [0.15, 0.2) is 12.1 Å². The Labute approximate surface area is 88.4 Å². The van der Waals surface area contributed by atoms with Gasteiger partial charge in [-0.15, -0.1) is 0 Å². The van der Waals surface area contributed by atoms with Crippen molar-refractivity contribution >= 4 is 34.7 Å². The first kappa shape index (κ1) is 10.2. The Hall–Kier alpha value is -0.850. The van der Waals surface area contributed by atoms with E-state index < -0.39 is 5.82 Å². The summed E-state index contributed by atoms with van der Waals surface area (Å²) in [7, 11) is 1.35. The molecule has 0 saturated heterocycles. The zero-order valence-electron chi connectivity index (χ0n) is 6.80. The first-order valence-corrected chi connectivity index (χ1v) is 4.50. The summed E-state index contributed by atoms with van der Waals surface area (Å²) < 4.78 is 18.6. The van der Waals surface area contributed by atoms with Crippen LogP contribution in [0.5, 0.6) is 5.75 Å². The number of benzene rings is 1. The van der Waals surface area contributed by atoms with E-state index >= 15 is 0 Å². The number of amides is 1. The molecule has 1 aromatic carbocycles. The quantitative estimate of drug-likeness (QED) is 0.684. The SMILES string of the molecule is COc1c(NC=O)ccc(I)c1F. The maximum absolute atomic E-state index is 13.3. The highest BCUT2D eigenvalue weighted by Gasteiger charge is 2.11. The smallest absolute Gasteiger partial charge is 0.211 e. The van der Waals surface area contributed by atoms with E-state index in [1.807, 2.05) is 22.6 Å². The molecule has 0 unspecified atom stereocenters. The van der Waals surface area contributed by atoms with Gasteiger partial charge in [-0.3, -0.25) is 4.79 Å². The van der Waals surface area contributed by atoms with Gasteiger partial charge in [-0.2, -0.15) is 0 Å². The van der Waals surface area contributed by atoms with E-state index in [0.29, 0.717) is 15.7 Å². The van der Waals surface area contributed by atoms with Crippen molar-refractivity contribution in [3.63, 3.8) is 0 Å². The van der Waals surface area contributed by atoms with Gasteiger partial charge in [-0.1, -0.05) is 0 Å². The molecule has 0 aliphatic rings. The van der Waals surface area contributed by atoms with E-state index in [2.05, 4.69) is 5.32 Å². The third kappa shape index (κ3) is 2.09. The second-order valence-electron chi connectivity index (χ2n) is 2.20. The molecule has 13 heavy (non-hydrogen) atoms. The average Bonchev–Trinajstić information content (AvgIpc) is 2.12. The van der Waals surface area contributed by atoms with Gasteiger partial charge in [0.25, 0.3) is 0 Å². The van der Waals surface area contributed by atoms with Gasteiger partial charge in [0.05, 0.1) is 16.4 Å². The number of hydrogen-bond donors (Lipinski definition) is 1. The number of hydrogen-bond acceptors (Lipinski definition) is 2. The van der Waals surface area contributed by atoms with Crippen molar-refractivity contribution in [1.29, 1.82) is 0 Å². The zero-order valence-corrected chi connectivity index (χ0v) is 8.96. The summed E-state index contributed by atoms with van der Waals surface area (Å²) in [5.41, 5.74) is 0.329. The minimum Gasteiger partial charge on any atom is -0.492 e.